The van der Waals surface area contributed by atoms with E-state index in [1.54, 1.807) is 11.4 Å². The summed E-state index contributed by atoms with van der Waals surface area (Å²) < 4.78 is 0. The van der Waals surface area contributed by atoms with Crippen LogP contribution in [0.5, 0.6) is 0 Å². The van der Waals surface area contributed by atoms with Crippen molar-refractivity contribution < 1.29 is 9.59 Å². The van der Waals surface area contributed by atoms with Crippen molar-refractivity contribution in [2.24, 2.45) is 0 Å². The highest BCUT2D eigenvalue weighted by Crippen LogP contribution is 2.24. The maximum atomic E-state index is 12.3. The second-order valence-electron chi connectivity index (χ2n) is 6.86. The largest absolute Gasteiger partial charge is 0.349 e. The van der Waals surface area contributed by atoms with E-state index in [0.29, 0.717) is 29.9 Å². The summed E-state index contributed by atoms with van der Waals surface area (Å²) in [5.41, 5.74) is 1.91. The minimum Gasteiger partial charge on any atom is -0.349 e. The molecule has 6 heteroatoms. The van der Waals surface area contributed by atoms with E-state index in [0.717, 1.165) is 17.1 Å². The molecule has 0 atom stereocenters. The van der Waals surface area contributed by atoms with E-state index in [1.807, 2.05) is 18.2 Å². The SMILES string of the molecule is CC(=O)c1cccc(-c2nc(C(=O)NCCN(C(C)C)C(C)C)cs2)c1. The molecule has 1 N–H and O–H groups in total. The Morgan fingerprint density at radius 2 is 1.88 bits per heavy atom. The van der Waals surface area contributed by atoms with Gasteiger partial charge in [-0.25, -0.2) is 4.98 Å². The highest BCUT2D eigenvalue weighted by molar-refractivity contribution is 7.13. The summed E-state index contributed by atoms with van der Waals surface area (Å²) in [5.74, 6) is -0.149. The van der Waals surface area contributed by atoms with Gasteiger partial charge in [0.2, 0.25) is 0 Å². The van der Waals surface area contributed by atoms with Crippen LogP contribution in [0, 0.1) is 0 Å². The van der Waals surface area contributed by atoms with Crippen molar-refractivity contribution in [3.8, 4) is 10.6 Å². The van der Waals surface area contributed by atoms with Gasteiger partial charge in [-0.05, 0) is 40.7 Å². The number of hydrogen-bond acceptors (Lipinski definition) is 5. The average molecular weight is 374 g/mol. The van der Waals surface area contributed by atoms with Gasteiger partial charge in [-0.15, -0.1) is 11.3 Å². The fourth-order valence-electron chi connectivity index (χ4n) is 2.88. The van der Waals surface area contributed by atoms with Crippen LogP contribution in [0.15, 0.2) is 29.6 Å². The Balaban J connectivity index is 2.00. The van der Waals surface area contributed by atoms with Crippen LogP contribution in [-0.4, -0.2) is 46.7 Å². The third kappa shape index (κ3) is 5.22. The van der Waals surface area contributed by atoms with E-state index in [4.69, 9.17) is 0 Å². The number of nitrogens with zero attached hydrogens (tertiary/aromatic N) is 2. The van der Waals surface area contributed by atoms with E-state index in [9.17, 15) is 9.59 Å². The lowest BCUT2D eigenvalue weighted by molar-refractivity contribution is 0.0934. The fraction of sp³-hybridized carbons (Fsp3) is 0.450. The van der Waals surface area contributed by atoms with Crippen molar-refractivity contribution >= 4 is 23.0 Å². The summed E-state index contributed by atoms with van der Waals surface area (Å²) >= 11 is 1.41. The normalized spacial score (nSPS) is 11.4. The van der Waals surface area contributed by atoms with Crippen LogP contribution in [0.25, 0.3) is 10.6 Å². The summed E-state index contributed by atoms with van der Waals surface area (Å²) in [4.78, 5) is 30.6. The predicted molar refractivity (Wildman–Crippen MR) is 107 cm³/mol. The summed E-state index contributed by atoms with van der Waals surface area (Å²) in [5, 5.41) is 5.44. The highest BCUT2D eigenvalue weighted by atomic mass is 32.1. The van der Waals surface area contributed by atoms with Crippen molar-refractivity contribution in [3.05, 3.63) is 40.9 Å². The number of hydrogen-bond donors (Lipinski definition) is 1. The van der Waals surface area contributed by atoms with Gasteiger partial charge < -0.3 is 5.32 Å². The molecule has 0 bridgehead atoms. The Kier molecular flexibility index (Phi) is 7.06. The number of carbonyl (C=O) groups excluding carboxylic acids is 2. The lowest BCUT2D eigenvalue weighted by Gasteiger charge is -2.30. The van der Waals surface area contributed by atoms with Gasteiger partial charge in [0.15, 0.2) is 5.78 Å². The van der Waals surface area contributed by atoms with Crippen molar-refractivity contribution in [2.75, 3.05) is 13.1 Å². The van der Waals surface area contributed by atoms with Gasteiger partial charge in [0, 0.05) is 41.7 Å². The number of carbonyl (C=O) groups is 2. The number of thiazole rings is 1. The minimum absolute atomic E-state index is 0.0150. The maximum Gasteiger partial charge on any atom is 0.270 e. The quantitative estimate of drug-likeness (QED) is 0.714. The second kappa shape index (κ2) is 9.05. The molecule has 2 aromatic rings. The number of aromatic nitrogens is 1. The lowest BCUT2D eigenvalue weighted by Crippen LogP contribution is -2.42. The number of nitrogens with one attached hydrogen (secondary N) is 1. The van der Waals surface area contributed by atoms with Crippen LogP contribution >= 0.6 is 11.3 Å². The Labute approximate surface area is 159 Å². The summed E-state index contributed by atoms with van der Waals surface area (Å²) in [6.45, 7) is 11.6. The molecule has 1 aromatic carbocycles. The van der Waals surface area contributed by atoms with Gasteiger partial charge in [-0.1, -0.05) is 18.2 Å². The monoisotopic (exact) mass is 373 g/mol. The first kappa shape index (κ1) is 20.3. The van der Waals surface area contributed by atoms with Crippen LogP contribution in [0.2, 0.25) is 0 Å². The molecular weight excluding hydrogens is 346 g/mol. The number of rotatable bonds is 8. The molecule has 2 rings (SSSR count). The Hall–Kier alpha value is -2.05. The van der Waals surface area contributed by atoms with E-state index in [-0.39, 0.29) is 11.7 Å². The molecule has 0 aliphatic carbocycles. The van der Waals surface area contributed by atoms with E-state index >= 15 is 0 Å². The number of Topliss-reactive ketones (excluding diaryl/α,β-unsaturated/α-hetero) is 1. The Morgan fingerprint density at radius 1 is 1.19 bits per heavy atom. The zero-order chi connectivity index (χ0) is 19.3. The molecule has 0 aliphatic heterocycles. The van der Waals surface area contributed by atoms with Crippen LogP contribution in [0.1, 0.15) is 55.5 Å². The third-order valence-corrected chi connectivity index (χ3v) is 5.13. The molecule has 0 radical (unpaired) electrons. The summed E-state index contributed by atoms with van der Waals surface area (Å²) in [7, 11) is 0. The van der Waals surface area contributed by atoms with Crippen molar-refractivity contribution in [3.63, 3.8) is 0 Å². The van der Waals surface area contributed by atoms with E-state index in [2.05, 4.69) is 42.9 Å². The molecular formula is C20H27N3O2S. The van der Waals surface area contributed by atoms with Crippen molar-refractivity contribution in [1.29, 1.82) is 0 Å². The van der Waals surface area contributed by atoms with Gasteiger partial charge in [-0.2, -0.15) is 0 Å². The van der Waals surface area contributed by atoms with Crippen LogP contribution in [0.3, 0.4) is 0 Å². The predicted octanol–water partition coefficient (Wildman–Crippen LogP) is 3.86. The van der Waals surface area contributed by atoms with Gasteiger partial charge >= 0.3 is 0 Å². The first-order valence-electron chi connectivity index (χ1n) is 8.90. The zero-order valence-electron chi connectivity index (χ0n) is 16.1. The molecule has 5 nitrogen and oxygen atoms in total. The molecule has 1 amide bonds. The molecule has 0 saturated carbocycles. The van der Waals surface area contributed by atoms with E-state index in [1.165, 1.54) is 18.3 Å². The van der Waals surface area contributed by atoms with Crippen molar-refractivity contribution in [1.82, 2.24) is 15.2 Å². The maximum absolute atomic E-state index is 12.3. The zero-order valence-corrected chi connectivity index (χ0v) is 16.9. The summed E-state index contributed by atoms with van der Waals surface area (Å²) in [6, 6.07) is 8.20. The molecule has 0 fully saturated rings. The standard InChI is InChI=1S/C20H27N3O2S/c1-13(2)23(14(3)4)10-9-21-19(25)18-12-26-20(22-18)17-8-6-7-16(11-17)15(5)24/h6-8,11-14H,9-10H2,1-5H3,(H,21,25). The number of benzene rings is 1. The molecule has 0 spiro atoms. The number of ketones is 1. The van der Waals surface area contributed by atoms with Crippen LogP contribution in [-0.2, 0) is 0 Å². The van der Waals surface area contributed by atoms with Gasteiger partial charge in [0.25, 0.3) is 5.91 Å². The van der Waals surface area contributed by atoms with Gasteiger partial charge in [-0.3, -0.25) is 14.5 Å². The molecule has 0 unspecified atom stereocenters. The molecule has 140 valence electrons. The minimum atomic E-state index is -0.164. The van der Waals surface area contributed by atoms with Gasteiger partial charge in [0.05, 0.1) is 0 Å². The average Bonchev–Trinajstić information content (AvgIpc) is 3.08. The van der Waals surface area contributed by atoms with Gasteiger partial charge in [0.1, 0.15) is 10.7 Å². The van der Waals surface area contributed by atoms with E-state index < -0.39 is 0 Å². The van der Waals surface area contributed by atoms with Crippen LogP contribution in [0.4, 0.5) is 0 Å². The highest BCUT2D eigenvalue weighted by Gasteiger charge is 2.15. The van der Waals surface area contributed by atoms with Crippen molar-refractivity contribution in [2.45, 2.75) is 46.7 Å². The molecule has 1 aromatic heterocycles. The first-order valence-corrected chi connectivity index (χ1v) is 9.78. The third-order valence-electron chi connectivity index (χ3n) is 4.24. The summed E-state index contributed by atoms with van der Waals surface area (Å²) in [6.07, 6.45) is 0. The second-order valence-corrected chi connectivity index (χ2v) is 7.71. The lowest BCUT2D eigenvalue weighted by atomic mass is 10.1. The molecule has 0 aliphatic rings. The fourth-order valence-corrected chi connectivity index (χ4v) is 3.68. The Bertz CT molecular complexity index is 760. The topological polar surface area (TPSA) is 62.3 Å². The molecule has 0 saturated heterocycles. The molecule has 1 heterocycles. The molecule has 26 heavy (non-hydrogen) atoms. The smallest absolute Gasteiger partial charge is 0.270 e. The first-order chi connectivity index (χ1) is 12.3. The number of amides is 1. The van der Waals surface area contributed by atoms with Crippen LogP contribution < -0.4 is 5.32 Å². The Morgan fingerprint density at radius 3 is 2.50 bits per heavy atom.